The van der Waals surface area contributed by atoms with Crippen LogP contribution in [0.4, 0.5) is 4.39 Å². The summed E-state index contributed by atoms with van der Waals surface area (Å²) in [5.74, 6) is -3.09. The van der Waals surface area contributed by atoms with Gasteiger partial charge in [0.2, 0.25) is 11.8 Å². The monoisotopic (exact) mass is 282 g/mol. The van der Waals surface area contributed by atoms with Crippen LogP contribution in [0.2, 0.25) is 0 Å². The number of carboxylic acid groups (broad SMARTS) is 1. The normalized spacial score (nSPS) is 11.7. The molecule has 0 radical (unpaired) electrons. The van der Waals surface area contributed by atoms with Gasteiger partial charge in [0.15, 0.2) is 0 Å². The van der Waals surface area contributed by atoms with Crippen LogP contribution in [0.1, 0.15) is 18.4 Å². The van der Waals surface area contributed by atoms with E-state index in [1.807, 2.05) is 0 Å². The van der Waals surface area contributed by atoms with Crippen molar-refractivity contribution in [3.8, 4) is 0 Å². The maximum atomic E-state index is 13.3. The highest BCUT2D eigenvalue weighted by molar-refractivity contribution is 5.85. The predicted octanol–water partition coefficient (Wildman–Crippen LogP) is 0.203. The standard InChI is InChI=1S/C13H15FN2O4/c14-9-4-2-1-3-8(9)7-12(18)16-10(13(19)20)5-6-11(15)17/h1-4,10H,5-7H2,(H2,15,17)(H,16,18)(H,19,20). The summed E-state index contributed by atoms with van der Waals surface area (Å²) < 4.78 is 13.3. The number of nitrogens with two attached hydrogens (primary N) is 1. The third-order valence-electron chi connectivity index (χ3n) is 2.62. The number of carbonyl (C=O) groups excluding carboxylic acids is 2. The molecule has 1 aromatic rings. The van der Waals surface area contributed by atoms with Gasteiger partial charge in [0.05, 0.1) is 6.42 Å². The van der Waals surface area contributed by atoms with E-state index in [1.54, 1.807) is 6.07 Å². The second kappa shape index (κ2) is 7.22. The Morgan fingerprint density at radius 2 is 1.95 bits per heavy atom. The topological polar surface area (TPSA) is 109 Å². The Bertz CT molecular complexity index is 519. The van der Waals surface area contributed by atoms with Crippen LogP contribution in [0.25, 0.3) is 0 Å². The average Bonchev–Trinajstić information content (AvgIpc) is 2.36. The molecule has 1 atom stereocenters. The van der Waals surface area contributed by atoms with Crippen LogP contribution in [0.5, 0.6) is 0 Å². The molecular formula is C13H15FN2O4. The maximum Gasteiger partial charge on any atom is 0.326 e. The largest absolute Gasteiger partial charge is 0.480 e. The number of rotatable bonds is 7. The Labute approximate surface area is 114 Å². The third kappa shape index (κ3) is 5.05. The highest BCUT2D eigenvalue weighted by atomic mass is 19.1. The minimum absolute atomic E-state index is 0.103. The SMILES string of the molecule is NC(=O)CCC(NC(=O)Cc1ccccc1F)C(=O)O. The first-order chi connectivity index (χ1) is 9.40. The van der Waals surface area contributed by atoms with Gasteiger partial charge in [-0.15, -0.1) is 0 Å². The van der Waals surface area contributed by atoms with E-state index in [0.29, 0.717) is 0 Å². The van der Waals surface area contributed by atoms with E-state index in [9.17, 15) is 18.8 Å². The Balaban J connectivity index is 2.60. The van der Waals surface area contributed by atoms with E-state index in [0.717, 1.165) is 0 Å². The van der Waals surface area contributed by atoms with Gasteiger partial charge in [-0.2, -0.15) is 0 Å². The van der Waals surface area contributed by atoms with Crippen LogP contribution in [-0.2, 0) is 20.8 Å². The number of carbonyl (C=O) groups is 3. The van der Waals surface area contributed by atoms with Gasteiger partial charge in [0.25, 0.3) is 0 Å². The fraction of sp³-hybridized carbons (Fsp3) is 0.308. The summed E-state index contributed by atoms with van der Waals surface area (Å²) in [6, 6.07) is 4.50. The lowest BCUT2D eigenvalue weighted by atomic mass is 10.1. The minimum Gasteiger partial charge on any atom is -0.480 e. The molecule has 0 aromatic heterocycles. The van der Waals surface area contributed by atoms with Crippen LogP contribution in [-0.4, -0.2) is 28.9 Å². The molecule has 0 fully saturated rings. The summed E-state index contributed by atoms with van der Waals surface area (Å²) in [5, 5.41) is 11.1. The van der Waals surface area contributed by atoms with Crippen LogP contribution in [0, 0.1) is 5.82 Å². The summed E-state index contributed by atoms with van der Waals surface area (Å²) in [4.78, 5) is 33.2. The van der Waals surface area contributed by atoms with Crippen molar-refractivity contribution in [3.63, 3.8) is 0 Å². The molecule has 4 N–H and O–H groups in total. The molecule has 0 heterocycles. The molecule has 1 rings (SSSR count). The van der Waals surface area contributed by atoms with Crippen molar-refractivity contribution in [2.75, 3.05) is 0 Å². The van der Waals surface area contributed by atoms with Crippen LogP contribution in [0.3, 0.4) is 0 Å². The van der Waals surface area contributed by atoms with Gasteiger partial charge in [0, 0.05) is 6.42 Å². The van der Waals surface area contributed by atoms with Crippen molar-refractivity contribution in [3.05, 3.63) is 35.6 Å². The lowest BCUT2D eigenvalue weighted by Crippen LogP contribution is -2.42. The number of nitrogens with one attached hydrogen (secondary N) is 1. The lowest BCUT2D eigenvalue weighted by molar-refractivity contribution is -0.142. The molecule has 0 aliphatic carbocycles. The number of halogens is 1. The van der Waals surface area contributed by atoms with Gasteiger partial charge in [-0.3, -0.25) is 9.59 Å². The number of benzene rings is 1. The van der Waals surface area contributed by atoms with E-state index < -0.39 is 29.6 Å². The van der Waals surface area contributed by atoms with E-state index in [2.05, 4.69) is 5.32 Å². The van der Waals surface area contributed by atoms with Crippen LogP contribution < -0.4 is 11.1 Å². The molecular weight excluding hydrogens is 267 g/mol. The van der Waals surface area contributed by atoms with Crippen molar-refractivity contribution in [2.45, 2.75) is 25.3 Å². The second-order valence-electron chi connectivity index (χ2n) is 4.23. The van der Waals surface area contributed by atoms with Crippen molar-refractivity contribution >= 4 is 17.8 Å². The van der Waals surface area contributed by atoms with Crippen LogP contribution >= 0.6 is 0 Å². The first-order valence-electron chi connectivity index (χ1n) is 5.94. The molecule has 6 nitrogen and oxygen atoms in total. The van der Waals surface area contributed by atoms with E-state index in [1.165, 1.54) is 18.2 Å². The molecule has 1 unspecified atom stereocenters. The number of hydrogen-bond donors (Lipinski definition) is 3. The number of hydrogen-bond acceptors (Lipinski definition) is 3. The molecule has 108 valence electrons. The van der Waals surface area contributed by atoms with Crippen molar-refractivity contribution in [2.24, 2.45) is 5.73 Å². The van der Waals surface area contributed by atoms with Gasteiger partial charge in [-0.25, -0.2) is 9.18 Å². The average molecular weight is 282 g/mol. The minimum atomic E-state index is -1.27. The molecule has 0 aliphatic rings. The molecule has 0 bridgehead atoms. The summed E-state index contributed by atoms with van der Waals surface area (Å²) in [5.41, 5.74) is 5.09. The van der Waals surface area contributed by atoms with E-state index >= 15 is 0 Å². The molecule has 1 aromatic carbocycles. The number of amides is 2. The van der Waals surface area contributed by atoms with Crippen molar-refractivity contribution in [1.82, 2.24) is 5.32 Å². The molecule has 0 spiro atoms. The fourth-order valence-electron chi connectivity index (χ4n) is 1.60. The van der Waals surface area contributed by atoms with Crippen molar-refractivity contribution < 1.29 is 23.9 Å². The third-order valence-corrected chi connectivity index (χ3v) is 2.62. The second-order valence-corrected chi connectivity index (χ2v) is 4.23. The molecule has 20 heavy (non-hydrogen) atoms. The predicted molar refractivity (Wildman–Crippen MR) is 68.1 cm³/mol. The highest BCUT2D eigenvalue weighted by Crippen LogP contribution is 2.07. The molecule has 7 heteroatoms. The molecule has 0 saturated carbocycles. The van der Waals surface area contributed by atoms with Crippen LogP contribution in [0.15, 0.2) is 24.3 Å². The summed E-state index contributed by atoms with van der Waals surface area (Å²) in [6.07, 6.45) is -0.530. The van der Waals surface area contributed by atoms with Gasteiger partial charge in [-0.05, 0) is 18.1 Å². The Morgan fingerprint density at radius 3 is 2.50 bits per heavy atom. The summed E-state index contributed by atoms with van der Waals surface area (Å²) in [6.45, 7) is 0. The Kier molecular flexibility index (Phi) is 5.64. The van der Waals surface area contributed by atoms with Crippen molar-refractivity contribution in [1.29, 1.82) is 0 Å². The summed E-state index contributed by atoms with van der Waals surface area (Å²) in [7, 11) is 0. The number of carboxylic acids is 1. The van der Waals surface area contributed by atoms with Gasteiger partial charge >= 0.3 is 5.97 Å². The molecule has 0 aliphatic heterocycles. The van der Waals surface area contributed by atoms with Gasteiger partial charge in [0.1, 0.15) is 11.9 Å². The zero-order valence-corrected chi connectivity index (χ0v) is 10.6. The first kappa shape index (κ1) is 15.6. The maximum absolute atomic E-state index is 13.3. The Morgan fingerprint density at radius 1 is 1.30 bits per heavy atom. The highest BCUT2D eigenvalue weighted by Gasteiger charge is 2.20. The quantitative estimate of drug-likeness (QED) is 0.663. The van der Waals surface area contributed by atoms with Gasteiger partial charge in [-0.1, -0.05) is 18.2 Å². The Hall–Kier alpha value is -2.44. The smallest absolute Gasteiger partial charge is 0.326 e. The lowest BCUT2D eigenvalue weighted by Gasteiger charge is -2.13. The molecule has 0 saturated heterocycles. The zero-order chi connectivity index (χ0) is 15.1. The summed E-state index contributed by atoms with van der Waals surface area (Å²) >= 11 is 0. The molecule has 2 amide bonds. The fourth-order valence-corrected chi connectivity index (χ4v) is 1.60. The number of aliphatic carboxylic acids is 1. The van der Waals surface area contributed by atoms with Gasteiger partial charge < -0.3 is 16.2 Å². The first-order valence-corrected chi connectivity index (χ1v) is 5.94. The van der Waals surface area contributed by atoms with E-state index in [-0.39, 0.29) is 24.8 Å². The zero-order valence-electron chi connectivity index (χ0n) is 10.6. The van der Waals surface area contributed by atoms with E-state index in [4.69, 9.17) is 10.8 Å². The number of primary amides is 1.